The molecular formula is C17H23BN2O3. The number of para-hydroxylation sites is 1. The molecule has 1 amide bonds. The summed E-state index contributed by atoms with van der Waals surface area (Å²) in [5.41, 5.74) is 8.79. The van der Waals surface area contributed by atoms with E-state index in [0.29, 0.717) is 13.0 Å². The smallest absolute Gasteiger partial charge is 0.400 e. The molecule has 3 N–H and O–H groups in total. The van der Waals surface area contributed by atoms with Gasteiger partial charge in [0.05, 0.1) is 23.3 Å². The minimum absolute atomic E-state index is 0.0192. The van der Waals surface area contributed by atoms with Gasteiger partial charge in [-0.1, -0.05) is 24.3 Å². The van der Waals surface area contributed by atoms with E-state index >= 15 is 0 Å². The lowest BCUT2D eigenvalue weighted by molar-refractivity contribution is -0.115. The highest BCUT2D eigenvalue weighted by molar-refractivity contribution is 6.56. The van der Waals surface area contributed by atoms with Crippen LogP contribution < -0.4 is 11.1 Å². The molecule has 0 aromatic heterocycles. The van der Waals surface area contributed by atoms with E-state index in [1.165, 1.54) is 0 Å². The highest BCUT2D eigenvalue weighted by Gasteiger charge is 2.52. The second kappa shape index (κ2) is 5.48. The van der Waals surface area contributed by atoms with Crippen LogP contribution in [0.15, 0.2) is 23.7 Å². The second-order valence-corrected chi connectivity index (χ2v) is 7.12. The molecule has 1 aromatic rings. The Morgan fingerprint density at radius 2 is 1.96 bits per heavy atom. The predicted molar refractivity (Wildman–Crippen MR) is 91.9 cm³/mol. The van der Waals surface area contributed by atoms with E-state index in [2.05, 4.69) is 5.32 Å². The van der Waals surface area contributed by atoms with Crippen molar-refractivity contribution in [1.29, 1.82) is 0 Å². The molecule has 0 unspecified atom stereocenters. The van der Waals surface area contributed by atoms with Crippen LogP contribution in [0.25, 0.3) is 6.08 Å². The molecule has 0 radical (unpaired) electrons. The molecule has 0 bridgehead atoms. The normalized spacial score (nSPS) is 22.2. The maximum atomic E-state index is 11.6. The van der Waals surface area contributed by atoms with Gasteiger partial charge in [0.15, 0.2) is 0 Å². The zero-order chi connectivity index (χ0) is 16.8. The van der Waals surface area contributed by atoms with Gasteiger partial charge in [-0.15, -0.1) is 0 Å². The average Bonchev–Trinajstić information content (AvgIpc) is 2.93. The molecule has 6 heteroatoms. The van der Waals surface area contributed by atoms with E-state index in [9.17, 15) is 4.79 Å². The highest BCUT2D eigenvalue weighted by atomic mass is 16.7. The Bertz CT molecular complexity index is 666. The van der Waals surface area contributed by atoms with Gasteiger partial charge in [-0.05, 0) is 44.3 Å². The monoisotopic (exact) mass is 314 g/mol. The highest BCUT2D eigenvalue weighted by Crippen LogP contribution is 2.39. The number of nitrogens with two attached hydrogens (primary N) is 1. The molecule has 5 nitrogen and oxygen atoms in total. The molecule has 2 aliphatic heterocycles. The van der Waals surface area contributed by atoms with Crippen LogP contribution in [0.1, 0.15) is 38.8 Å². The van der Waals surface area contributed by atoms with E-state index in [1.54, 1.807) is 0 Å². The van der Waals surface area contributed by atoms with Crippen molar-refractivity contribution in [3.8, 4) is 0 Å². The fourth-order valence-electron chi connectivity index (χ4n) is 2.81. The number of anilines is 1. The van der Waals surface area contributed by atoms with Crippen molar-refractivity contribution in [1.82, 2.24) is 0 Å². The first-order valence-corrected chi connectivity index (χ1v) is 7.91. The van der Waals surface area contributed by atoms with Crippen LogP contribution in [0.2, 0.25) is 0 Å². The predicted octanol–water partition coefficient (Wildman–Crippen LogP) is 2.15. The van der Waals surface area contributed by atoms with E-state index in [1.807, 2.05) is 52.0 Å². The van der Waals surface area contributed by atoms with Crippen LogP contribution in [-0.4, -0.2) is 30.8 Å². The summed E-state index contributed by atoms with van der Waals surface area (Å²) in [4.78, 5) is 11.6. The van der Waals surface area contributed by atoms with E-state index in [0.717, 1.165) is 22.3 Å². The molecule has 1 saturated heterocycles. The van der Waals surface area contributed by atoms with Crippen molar-refractivity contribution < 1.29 is 14.1 Å². The lowest BCUT2D eigenvalue weighted by Crippen LogP contribution is -2.41. The second-order valence-electron chi connectivity index (χ2n) is 7.12. The van der Waals surface area contributed by atoms with Crippen molar-refractivity contribution in [2.45, 2.75) is 45.3 Å². The molecular weight excluding hydrogens is 291 g/mol. The Kier molecular flexibility index (Phi) is 3.87. The Labute approximate surface area is 137 Å². The number of benzene rings is 1. The fourth-order valence-corrected chi connectivity index (χ4v) is 2.81. The third-order valence-corrected chi connectivity index (χ3v) is 4.93. The first kappa shape index (κ1) is 16.2. The topological polar surface area (TPSA) is 73.6 Å². The zero-order valence-electron chi connectivity index (χ0n) is 14.1. The molecule has 2 heterocycles. The maximum absolute atomic E-state index is 11.6. The van der Waals surface area contributed by atoms with Crippen molar-refractivity contribution in [2.24, 2.45) is 5.73 Å². The summed E-state index contributed by atoms with van der Waals surface area (Å²) in [6, 6.07) is 5.87. The van der Waals surface area contributed by atoms with Crippen LogP contribution in [0, 0.1) is 0 Å². The summed E-state index contributed by atoms with van der Waals surface area (Å²) in [7, 11) is -0.474. The summed E-state index contributed by atoms with van der Waals surface area (Å²) in [5, 5.41) is 2.91. The third-order valence-electron chi connectivity index (χ3n) is 4.93. The fraction of sp³-hybridized carbons (Fsp3) is 0.471. The summed E-state index contributed by atoms with van der Waals surface area (Å²) >= 11 is 0. The Balaban J connectivity index is 1.93. The molecule has 3 rings (SSSR count). The van der Waals surface area contributed by atoms with Gasteiger partial charge in [0, 0.05) is 6.54 Å². The van der Waals surface area contributed by atoms with Crippen molar-refractivity contribution in [2.75, 3.05) is 11.9 Å². The molecule has 23 heavy (non-hydrogen) atoms. The number of carbonyl (C=O) groups excluding carboxylic acids is 1. The van der Waals surface area contributed by atoms with Gasteiger partial charge in [0.2, 0.25) is 5.91 Å². The Hall–Kier alpha value is -1.63. The van der Waals surface area contributed by atoms with E-state index in [4.69, 9.17) is 15.0 Å². The summed E-state index contributed by atoms with van der Waals surface area (Å²) in [6.07, 6.45) is 2.39. The maximum Gasteiger partial charge on any atom is 0.491 e. The van der Waals surface area contributed by atoms with Crippen LogP contribution >= 0.6 is 0 Å². The van der Waals surface area contributed by atoms with Crippen LogP contribution in [0.4, 0.5) is 5.69 Å². The average molecular weight is 314 g/mol. The van der Waals surface area contributed by atoms with Gasteiger partial charge in [-0.3, -0.25) is 4.79 Å². The quantitative estimate of drug-likeness (QED) is 0.839. The lowest BCUT2D eigenvalue weighted by Gasteiger charge is -2.32. The van der Waals surface area contributed by atoms with E-state index in [-0.39, 0.29) is 5.91 Å². The number of nitrogens with one attached hydrogen (secondary N) is 1. The number of hydrogen-bond acceptors (Lipinski definition) is 4. The minimum Gasteiger partial charge on any atom is -0.400 e. The van der Waals surface area contributed by atoms with Gasteiger partial charge in [-0.25, -0.2) is 0 Å². The number of fused-ring (bicyclic) bond motifs is 1. The molecule has 1 fully saturated rings. The largest absolute Gasteiger partial charge is 0.491 e. The molecule has 2 aliphatic rings. The third kappa shape index (κ3) is 2.82. The van der Waals surface area contributed by atoms with Gasteiger partial charge in [0.25, 0.3) is 0 Å². The molecule has 1 aromatic carbocycles. The molecule has 122 valence electrons. The van der Waals surface area contributed by atoms with E-state index < -0.39 is 18.3 Å². The molecule has 0 saturated carbocycles. The summed E-state index contributed by atoms with van der Waals surface area (Å²) in [6.45, 7) is 8.39. The van der Waals surface area contributed by atoms with Crippen LogP contribution in [0.3, 0.4) is 0 Å². The molecule has 0 aliphatic carbocycles. The van der Waals surface area contributed by atoms with Gasteiger partial charge in [0.1, 0.15) is 0 Å². The van der Waals surface area contributed by atoms with Crippen molar-refractivity contribution >= 4 is 24.8 Å². The minimum atomic E-state index is -0.474. The first-order valence-electron chi connectivity index (χ1n) is 7.91. The summed E-state index contributed by atoms with van der Waals surface area (Å²) in [5.74, 6) is 0.0192. The van der Waals surface area contributed by atoms with Gasteiger partial charge >= 0.3 is 7.12 Å². The van der Waals surface area contributed by atoms with Crippen molar-refractivity contribution in [3.05, 3.63) is 34.8 Å². The number of amides is 1. The van der Waals surface area contributed by atoms with Crippen LogP contribution in [-0.2, 0) is 20.5 Å². The lowest BCUT2D eigenvalue weighted by atomic mass is 9.77. The summed E-state index contributed by atoms with van der Waals surface area (Å²) < 4.78 is 12.1. The Morgan fingerprint density at radius 1 is 1.30 bits per heavy atom. The number of carbonyl (C=O) groups is 1. The Morgan fingerprint density at radius 3 is 2.57 bits per heavy atom. The zero-order valence-corrected chi connectivity index (χ0v) is 14.1. The SMILES string of the molecule is CC1(C)OB(C(=Cc2cccc3c2NC(=O)C3)CN)OC1(C)C. The first-order chi connectivity index (χ1) is 10.7. The molecule has 0 spiro atoms. The number of hydrogen-bond donors (Lipinski definition) is 2. The van der Waals surface area contributed by atoms with Crippen LogP contribution in [0.5, 0.6) is 0 Å². The molecule has 0 atom stereocenters. The van der Waals surface area contributed by atoms with Gasteiger partial charge < -0.3 is 20.4 Å². The number of rotatable bonds is 3. The van der Waals surface area contributed by atoms with Crippen molar-refractivity contribution in [3.63, 3.8) is 0 Å². The van der Waals surface area contributed by atoms with Gasteiger partial charge in [-0.2, -0.15) is 0 Å². The standard InChI is InChI=1S/C17H23BN2O3/c1-16(2)17(3,4)23-18(22-16)13(10-19)8-11-6-5-7-12-9-14(21)20-15(11)12/h5-8H,9-10,19H2,1-4H3,(H,20,21).